The van der Waals surface area contributed by atoms with Gasteiger partial charge in [-0.05, 0) is 30.4 Å². The summed E-state index contributed by atoms with van der Waals surface area (Å²) in [7, 11) is 0. The number of aryl methyl sites for hydroxylation is 1. The van der Waals surface area contributed by atoms with Gasteiger partial charge in [-0.2, -0.15) is 0 Å². The zero-order valence-electron chi connectivity index (χ0n) is 11.6. The highest BCUT2D eigenvalue weighted by Crippen LogP contribution is 2.23. The molecule has 0 saturated heterocycles. The molecule has 0 aliphatic carbocycles. The standard InChI is InChI=1S/C14H23NO2S/c1-5-10-6-7-11(18-10)13(17)15-12(8-9-16)14(2,3)4/h6-7,12,16H,5,8-9H2,1-4H3,(H,15,17). The second-order valence-electron chi connectivity index (χ2n) is 5.52. The minimum atomic E-state index is -0.0523. The highest BCUT2D eigenvalue weighted by atomic mass is 32.1. The minimum Gasteiger partial charge on any atom is -0.396 e. The molecular formula is C14H23NO2S. The molecule has 0 saturated carbocycles. The van der Waals surface area contributed by atoms with E-state index in [1.165, 1.54) is 16.2 Å². The number of nitrogens with one attached hydrogen (secondary N) is 1. The molecule has 1 aromatic rings. The van der Waals surface area contributed by atoms with Crippen molar-refractivity contribution in [3.05, 3.63) is 21.9 Å². The van der Waals surface area contributed by atoms with E-state index < -0.39 is 0 Å². The van der Waals surface area contributed by atoms with Crippen molar-refractivity contribution in [1.82, 2.24) is 5.32 Å². The van der Waals surface area contributed by atoms with E-state index in [4.69, 9.17) is 5.11 Å². The van der Waals surface area contributed by atoms with Crippen LogP contribution < -0.4 is 5.32 Å². The average Bonchev–Trinajstić information content (AvgIpc) is 2.75. The first-order valence-electron chi connectivity index (χ1n) is 6.39. The van der Waals surface area contributed by atoms with Crippen LogP contribution in [0.5, 0.6) is 0 Å². The largest absolute Gasteiger partial charge is 0.396 e. The van der Waals surface area contributed by atoms with Crippen molar-refractivity contribution in [2.45, 2.75) is 46.6 Å². The Kier molecular flexibility index (Phi) is 5.35. The molecule has 1 aromatic heterocycles. The van der Waals surface area contributed by atoms with E-state index in [9.17, 15) is 4.79 Å². The number of rotatable bonds is 5. The molecule has 3 nitrogen and oxygen atoms in total. The number of aliphatic hydroxyl groups excluding tert-OH is 1. The molecular weight excluding hydrogens is 246 g/mol. The molecule has 0 aliphatic heterocycles. The van der Waals surface area contributed by atoms with Gasteiger partial charge in [0, 0.05) is 17.5 Å². The SMILES string of the molecule is CCc1ccc(C(=O)NC(CCO)C(C)(C)C)s1. The number of amides is 1. The summed E-state index contributed by atoms with van der Waals surface area (Å²) >= 11 is 1.54. The van der Waals surface area contributed by atoms with Crippen LogP contribution in [0.3, 0.4) is 0 Å². The summed E-state index contributed by atoms with van der Waals surface area (Å²) in [6, 6.07) is 3.86. The first-order chi connectivity index (χ1) is 8.38. The number of carbonyl (C=O) groups excluding carboxylic acids is 1. The fourth-order valence-corrected chi connectivity index (χ4v) is 2.62. The second-order valence-corrected chi connectivity index (χ2v) is 6.69. The third-order valence-corrected chi connectivity index (χ3v) is 4.23. The quantitative estimate of drug-likeness (QED) is 0.863. The number of thiophene rings is 1. The van der Waals surface area contributed by atoms with Gasteiger partial charge in [-0.15, -0.1) is 11.3 Å². The topological polar surface area (TPSA) is 49.3 Å². The van der Waals surface area contributed by atoms with Crippen LogP contribution in [0.1, 0.15) is 48.7 Å². The van der Waals surface area contributed by atoms with Crippen LogP contribution in [0.25, 0.3) is 0 Å². The summed E-state index contributed by atoms with van der Waals surface area (Å²) in [6.45, 7) is 8.38. The van der Waals surface area contributed by atoms with Gasteiger partial charge in [-0.3, -0.25) is 4.79 Å². The molecule has 0 aromatic carbocycles. The van der Waals surface area contributed by atoms with E-state index in [1.54, 1.807) is 0 Å². The van der Waals surface area contributed by atoms with E-state index in [-0.39, 0.29) is 24.0 Å². The van der Waals surface area contributed by atoms with E-state index in [1.807, 2.05) is 12.1 Å². The summed E-state index contributed by atoms with van der Waals surface area (Å²) in [5, 5.41) is 12.1. The van der Waals surface area contributed by atoms with Gasteiger partial charge in [0.1, 0.15) is 0 Å². The second kappa shape index (κ2) is 6.34. The smallest absolute Gasteiger partial charge is 0.261 e. The Morgan fingerprint density at radius 3 is 2.56 bits per heavy atom. The number of hydrogen-bond acceptors (Lipinski definition) is 3. The fourth-order valence-electron chi connectivity index (χ4n) is 1.77. The summed E-state index contributed by atoms with van der Waals surface area (Å²) in [4.78, 5) is 14.1. The van der Waals surface area contributed by atoms with E-state index >= 15 is 0 Å². The van der Waals surface area contributed by atoms with Crippen molar-refractivity contribution >= 4 is 17.2 Å². The zero-order valence-corrected chi connectivity index (χ0v) is 12.4. The maximum atomic E-state index is 12.1. The molecule has 4 heteroatoms. The van der Waals surface area contributed by atoms with Crippen LogP contribution in [-0.2, 0) is 6.42 Å². The van der Waals surface area contributed by atoms with Crippen LogP contribution in [0.15, 0.2) is 12.1 Å². The number of hydrogen-bond donors (Lipinski definition) is 2. The Balaban J connectivity index is 2.72. The van der Waals surface area contributed by atoms with Crippen LogP contribution in [0.4, 0.5) is 0 Å². The zero-order chi connectivity index (χ0) is 13.8. The van der Waals surface area contributed by atoms with Crippen LogP contribution in [0.2, 0.25) is 0 Å². The first-order valence-corrected chi connectivity index (χ1v) is 7.20. The predicted octanol–water partition coefficient (Wildman–Crippen LogP) is 2.84. The molecule has 102 valence electrons. The highest BCUT2D eigenvalue weighted by molar-refractivity contribution is 7.14. The molecule has 0 radical (unpaired) electrons. The van der Waals surface area contributed by atoms with Gasteiger partial charge in [0.05, 0.1) is 4.88 Å². The van der Waals surface area contributed by atoms with Crippen molar-refractivity contribution in [3.8, 4) is 0 Å². The van der Waals surface area contributed by atoms with Gasteiger partial charge in [-0.1, -0.05) is 27.7 Å². The molecule has 18 heavy (non-hydrogen) atoms. The number of carbonyl (C=O) groups is 1. The Bertz CT molecular complexity index is 393. The third kappa shape index (κ3) is 4.10. The summed E-state index contributed by atoms with van der Waals surface area (Å²) in [5.41, 5.74) is -0.0523. The molecule has 0 aliphatic rings. The minimum absolute atomic E-state index is 0.0119. The monoisotopic (exact) mass is 269 g/mol. The normalized spacial score (nSPS) is 13.4. The molecule has 1 rings (SSSR count). The molecule has 2 N–H and O–H groups in total. The number of aliphatic hydroxyl groups is 1. The lowest BCUT2D eigenvalue weighted by atomic mass is 9.85. The molecule has 1 heterocycles. The maximum absolute atomic E-state index is 12.1. The summed E-state index contributed by atoms with van der Waals surface area (Å²) < 4.78 is 0. The van der Waals surface area contributed by atoms with E-state index in [0.717, 1.165) is 11.3 Å². The van der Waals surface area contributed by atoms with Gasteiger partial charge in [0.25, 0.3) is 5.91 Å². The first kappa shape index (κ1) is 15.2. The van der Waals surface area contributed by atoms with Gasteiger partial charge < -0.3 is 10.4 Å². The Hall–Kier alpha value is -0.870. The van der Waals surface area contributed by atoms with Crippen LogP contribution in [-0.4, -0.2) is 23.7 Å². The average molecular weight is 269 g/mol. The molecule has 0 spiro atoms. The van der Waals surface area contributed by atoms with Crippen molar-refractivity contribution < 1.29 is 9.90 Å². The van der Waals surface area contributed by atoms with Crippen molar-refractivity contribution in [1.29, 1.82) is 0 Å². The fraction of sp³-hybridized carbons (Fsp3) is 0.643. The van der Waals surface area contributed by atoms with E-state index in [0.29, 0.717) is 6.42 Å². The van der Waals surface area contributed by atoms with Gasteiger partial charge in [-0.25, -0.2) is 0 Å². The summed E-state index contributed by atoms with van der Waals surface area (Å²) in [6.07, 6.45) is 1.54. The van der Waals surface area contributed by atoms with Crippen LogP contribution in [0, 0.1) is 5.41 Å². The Morgan fingerprint density at radius 1 is 1.44 bits per heavy atom. The van der Waals surface area contributed by atoms with Gasteiger partial charge >= 0.3 is 0 Å². The van der Waals surface area contributed by atoms with Gasteiger partial charge in [0.2, 0.25) is 0 Å². The van der Waals surface area contributed by atoms with Crippen molar-refractivity contribution in [3.63, 3.8) is 0 Å². The summed E-state index contributed by atoms with van der Waals surface area (Å²) in [5.74, 6) is -0.0342. The molecule has 0 fully saturated rings. The van der Waals surface area contributed by atoms with Crippen molar-refractivity contribution in [2.24, 2.45) is 5.41 Å². The van der Waals surface area contributed by atoms with Crippen LogP contribution >= 0.6 is 11.3 Å². The lowest BCUT2D eigenvalue weighted by molar-refractivity contribution is 0.0889. The maximum Gasteiger partial charge on any atom is 0.261 e. The molecule has 1 atom stereocenters. The predicted molar refractivity (Wildman–Crippen MR) is 76.1 cm³/mol. The third-order valence-electron chi connectivity index (χ3n) is 3.00. The van der Waals surface area contributed by atoms with Crippen molar-refractivity contribution in [2.75, 3.05) is 6.61 Å². The lowest BCUT2D eigenvalue weighted by Gasteiger charge is -2.30. The molecule has 1 amide bonds. The highest BCUT2D eigenvalue weighted by Gasteiger charge is 2.26. The Morgan fingerprint density at radius 2 is 2.11 bits per heavy atom. The lowest BCUT2D eigenvalue weighted by Crippen LogP contribution is -2.44. The van der Waals surface area contributed by atoms with E-state index in [2.05, 4.69) is 33.0 Å². The Labute approximate surface area is 113 Å². The molecule has 1 unspecified atom stereocenters. The van der Waals surface area contributed by atoms with Gasteiger partial charge in [0.15, 0.2) is 0 Å². The molecule has 0 bridgehead atoms.